The van der Waals surface area contributed by atoms with Crippen LogP contribution < -0.4 is 5.32 Å². The van der Waals surface area contributed by atoms with E-state index in [1.807, 2.05) is 6.34 Å². The largest absolute Gasteiger partial charge is 0.368 e. The lowest BCUT2D eigenvalue weighted by molar-refractivity contribution is 0.592. The summed E-state index contributed by atoms with van der Waals surface area (Å²) in [4.78, 5) is 4.40. The summed E-state index contributed by atoms with van der Waals surface area (Å²) in [5, 5.41) is 3.22. The number of allylic oxidation sites excluding steroid dienone is 2. The van der Waals surface area contributed by atoms with E-state index in [0.717, 1.165) is 0 Å². The highest BCUT2D eigenvalue weighted by atomic mass is 15.1. The predicted octanol–water partition coefficient (Wildman–Crippen LogP) is 1.51. The maximum absolute atomic E-state index is 4.40. The van der Waals surface area contributed by atoms with Crippen LogP contribution in [0.5, 0.6) is 0 Å². The fraction of sp³-hybridized carbons (Fsp3) is 0.500. The molecule has 0 amide bonds. The molecule has 2 heteroatoms. The predicted molar refractivity (Wildman–Crippen MR) is 51.3 cm³/mol. The zero-order chi connectivity index (χ0) is 8.55. The van der Waals surface area contributed by atoms with Crippen molar-refractivity contribution in [1.82, 2.24) is 5.32 Å². The Balaban J connectivity index is 2.26. The third-order valence-corrected chi connectivity index (χ3v) is 2.46. The maximum atomic E-state index is 4.40. The van der Waals surface area contributed by atoms with E-state index in [0.29, 0.717) is 18.0 Å². The summed E-state index contributed by atoms with van der Waals surface area (Å²) in [6, 6.07) is 0.766. The molecule has 0 radical (unpaired) electrons. The molecule has 1 heterocycles. The quantitative estimate of drug-likeness (QED) is 0.621. The van der Waals surface area contributed by atoms with Crippen LogP contribution in [0.25, 0.3) is 0 Å². The Morgan fingerprint density at radius 3 is 3.08 bits per heavy atom. The van der Waals surface area contributed by atoms with Crippen molar-refractivity contribution in [3.63, 3.8) is 0 Å². The molecule has 2 aliphatic rings. The lowest BCUT2D eigenvalue weighted by Gasteiger charge is -2.23. The summed E-state index contributed by atoms with van der Waals surface area (Å²) < 4.78 is 0. The van der Waals surface area contributed by atoms with E-state index >= 15 is 0 Å². The van der Waals surface area contributed by atoms with E-state index in [4.69, 9.17) is 0 Å². The van der Waals surface area contributed by atoms with Crippen LogP contribution in [0.4, 0.5) is 0 Å². The zero-order valence-corrected chi connectivity index (χ0v) is 7.49. The first-order valence-electron chi connectivity index (χ1n) is 4.45. The molecule has 2 atom stereocenters. The van der Waals surface area contributed by atoms with Gasteiger partial charge in [-0.1, -0.05) is 32.1 Å². The Hall–Kier alpha value is -1.05. The van der Waals surface area contributed by atoms with Crippen LogP contribution in [0.1, 0.15) is 13.8 Å². The lowest BCUT2D eigenvalue weighted by Crippen LogP contribution is -2.33. The molecule has 1 aliphatic carbocycles. The summed E-state index contributed by atoms with van der Waals surface area (Å²) in [5.41, 5.74) is 1.43. The Labute approximate surface area is 73.1 Å². The highest BCUT2D eigenvalue weighted by Gasteiger charge is 2.28. The minimum absolute atomic E-state index is 0.356. The summed E-state index contributed by atoms with van der Waals surface area (Å²) in [6.45, 7) is 4.44. The molecule has 0 spiro atoms. The SMILES string of the molecule is CC(C)C1=CC=CC2NC=NC12. The number of aliphatic imine (C=N–C) groups is 1. The molecule has 0 saturated carbocycles. The smallest absolute Gasteiger partial charge is 0.0969 e. The van der Waals surface area contributed by atoms with Crippen molar-refractivity contribution < 1.29 is 0 Å². The van der Waals surface area contributed by atoms with E-state index in [1.165, 1.54) is 5.57 Å². The van der Waals surface area contributed by atoms with E-state index in [9.17, 15) is 0 Å². The second-order valence-corrected chi connectivity index (χ2v) is 3.62. The molecule has 0 aromatic heterocycles. The van der Waals surface area contributed by atoms with Gasteiger partial charge in [-0.15, -0.1) is 0 Å². The monoisotopic (exact) mass is 162 g/mol. The average molecular weight is 162 g/mol. The first kappa shape index (κ1) is 7.59. The van der Waals surface area contributed by atoms with Gasteiger partial charge in [0.05, 0.1) is 18.4 Å². The van der Waals surface area contributed by atoms with Gasteiger partial charge in [0, 0.05) is 0 Å². The van der Waals surface area contributed by atoms with Gasteiger partial charge in [0.25, 0.3) is 0 Å². The van der Waals surface area contributed by atoms with Crippen molar-refractivity contribution in [1.29, 1.82) is 0 Å². The number of nitrogens with one attached hydrogen (secondary N) is 1. The number of hydrogen-bond donors (Lipinski definition) is 1. The van der Waals surface area contributed by atoms with E-state index in [2.05, 4.69) is 42.4 Å². The topological polar surface area (TPSA) is 24.4 Å². The number of fused-ring (bicyclic) bond motifs is 1. The van der Waals surface area contributed by atoms with Crippen LogP contribution in [0.15, 0.2) is 28.8 Å². The molecule has 0 aromatic rings. The fourth-order valence-electron chi connectivity index (χ4n) is 1.77. The summed E-state index contributed by atoms with van der Waals surface area (Å²) in [5.74, 6) is 0.597. The molecular formula is C10H14N2. The van der Waals surface area contributed by atoms with Gasteiger partial charge in [-0.05, 0) is 11.5 Å². The molecule has 2 unspecified atom stereocenters. The van der Waals surface area contributed by atoms with Crippen molar-refractivity contribution in [2.75, 3.05) is 0 Å². The van der Waals surface area contributed by atoms with Crippen LogP contribution in [-0.2, 0) is 0 Å². The molecule has 0 saturated heterocycles. The van der Waals surface area contributed by atoms with E-state index in [-0.39, 0.29) is 0 Å². The highest BCUT2D eigenvalue weighted by molar-refractivity contribution is 5.61. The van der Waals surface area contributed by atoms with E-state index < -0.39 is 0 Å². The van der Waals surface area contributed by atoms with Gasteiger partial charge in [0.2, 0.25) is 0 Å². The van der Waals surface area contributed by atoms with Gasteiger partial charge < -0.3 is 5.32 Å². The van der Waals surface area contributed by atoms with Gasteiger partial charge in [-0.2, -0.15) is 0 Å². The second kappa shape index (κ2) is 2.77. The molecular weight excluding hydrogens is 148 g/mol. The molecule has 12 heavy (non-hydrogen) atoms. The number of nitrogens with zero attached hydrogens (tertiary/aromatic N) is 1. The molecule has 0 bridgehead atoms. The number of rotatable bonds is 1. The van der Waals surface area contributed by atoms with Crippen molar-refractivity contribution in [3.05, 3.63) is 23.8 Å². The van der Waals surface area contributed by atoms with Crippen LogP contribution in [0.2, 0.25) is 0 Å². The van der Waals surface area contributed by atoms with Crippen molar-refractivity contribution >= 4 is 6.34 Å². The van der Waals surface area contributed by atoms with Crippen LogP contribution >= 0.6 is 0 Å². The first-order valence-corrected chi connectivity index (χ1v) is 4.45. The Bertz CT molecular complexity index is 261. The Morgan fingerprint density at radius 2 is 2.33 bits per heavy atom. The van der Waals surface area contributed by atoms with Crippen molar-refractivity contribution in [2.45, 2.75) is 25.9 Å². The minimum atomic E-state index is 0.356. The Kier molecular flexibility index (Phi) is 1.75. The lowest BCUT2D eigenvalue weighted by atomic mass is 9.88. The summed E-state index contributed by atoms with van der Waals surface area (Å²) in [7, 11) is 0. The summed E-state index contributed by atoms with van der Waals surface area (Å²) >= 11 is 0. The van der Waals surface area contributed by atoms with Gasteiger partial charge in [-0.3, -0.25) is 4.99 Å². The second-order valence-electron chi connectivity index (χ2n) is 3.62. The molecule has 0 fully saturated rings. The first-order chi connectivity index (χ1) is 5.79. The van der Waals surface area contributed by atoms with Crippen molar-refractivity contribution in [3.8, 4) is 0 Å². The molecule has 64 valence electrons. The molecule has 0 aromatic carbocycles. The van der Waals surface area contributed by atoms with Gasteiger partial charge in [0.1, 0.15) is 0 Å². The van der Waals surface area contributed by atoms with Gasteiger partial charge >= 0.3 is 0 Å². The van der Waals surface area contributed by atoms with Crippen LogP contribution in [-0.4, -0.2) is 18.4 Å². The minimum Gasteiger partial charge on any atom is -0.368 e. The highest BCUT2D eigenvalue weighted by Crippen LogP contribution is 2.25. The Morgan fingerprint density at radius 1 is 1.50 bits per heavy atom. The van der Waals surface area contributed by atoms with Gasteiger partial charge in [0.15, 0.2) is 0 Å². The fourth-order valence-corrected chi connectivity index (χ4v) is 1.77. The van der Waals surface area contributed by atoms with Crippen LogP contribution in [0, 0.1) is 5.92 Å². The normalized spacial score (nSPS) is 31.8. The summed E-state index contributed by atoms with van der Waals surface area (Å²) in [6.07, 6.45) is 8.30. The van der Waals surface area contributed by atoms with Crippen molar-refractivity contribution in [2.24, 2.45) is 10.9 Å². The molecule has 2 rings (SSSR count). The van der Waals surface area contributed by atoms with Crippen LogP contribution in [0.3, 0.4) is 0 Å². The average Bonchev–Trinajstić information content (AvgIpc) is 2.49. The third kappa shape index (κ3) is 1.07. The molecule has 2 nitrogen and oxygen atoms in total. The zero-order valence-electron chi connectivity index (χ0n) is 7.49. The third-order valence-electron chi connectivity index (χ3n) is 2.46. The number of hydrogen-bond acceptors (Lipinski definition) is 2. The molecule has 1 N–H and O–H groups in total. The standard InChI is InChI=1S/C10H14N2/c1-7(2)8-4-3-5-9-10(8)12-6-11-9/h3-7,9-10H,1-2H3,(H,11,12). The van der Waals surface area contributed by atoms with E-state index in [1.54, 1.807) is 0 Å². The maximum Gasteiger partial charge on any atom is 0.0969 e. The molecule has 1 aliphatic heterocycles. The van der Waals surface area contributed by atoms with Gasteiger partial charge in [-0.25, -0.2) is 0 Å².